The largest absolute Gasteiger partial charge is 0.487 e. The second-order valence-corrected chi connectivity index (χ2v) is 7.89. The SMILES string of the molecule is CCNC(=NCc1ncccc1C)NC1CC2(CCCC2)Oc2ccccc21. The second kappa shape index (κ2) is 8.21. The van der Waals surface area contributed by atoms with Crippen LogP contribution in [0.25, 0.3) is 0 Å². The van der Waals surface area contributed by atoms with Gasteiger partial charge in [-0.3, -0.25) is 4.98 Å². The number of guanidine groups is 1. The van der Waals surface area contributed by atoms with Gasteiger partial charge in [0.25, 0.3) is 0 Å². The fourth-order valence-corrected chi connectivity index (χ4v) is 4.40. The zero-order chi connectivity index (χ0) is 19.4. The standard InChI is InChI=1S/C23H30N4O/c1-3-24-22(26-16-20-17(2)9-8-14-25-20)27-19-15-23(12-6-7-13-23)28-21-11-5-4-10-18(19)21/h4-5,8-11,14,19H,3,6-7,12-13,15-16H2,1-2H3,(H2,24,26,27). The quantitative estimate of drug-likeness (QED) is 0.616. The Morgan fingerprint density at radius 3 is 2.82 bits per heavy atom. The Kier molecular flexibility index (Phi) is 5.51. The molecular formula is C23H30N4O. The van der Waals surface area contributed by atoms with Crippen molar-refractivity contribution in [1.82, 2.24) is 15.6 Å². The molecule has 1 atom stereocenters. The number of ether oxygens (including phenoxy) is 1. The molecule has 1 aromatic carbocycles. The summed E-state index contributed by atoms with van der Waals surface area (Å²) in [6.07, 6.45) is 7.60. The van der Waals surface area contributed by atoms with E-state index in [0.717, 1.165) is 43.2 Å². The summed E-state index contributed by atoms with van der Waals surface area (Å²) in [7, 11) is 0. The second-order valence-electron chi connectivity index (χ2n) is 7.89. The Morgan fingerprint density at radius 2 is 2.04 bits per heavy atom. The van der Waals surface area contributed by atoms with Crippen molar-refractivity contribution in [2.75, 3.05) is 6.54 Å². The lowest BCUT2D eigenvalue weighted by molar-refractivity contribution is 0.0396. The van der Waals surface area contributed by atoms with Crippen LogP contribution < -0.4 is 15.4 Å². The van der Waals surface area contributed by atoms with Crippen LogP contribution in [0.4, 0.5) is 0 Å². The van der Waals surface area contributed by atoms with Crippen LogP contribution in [-0.2, 0) is 6.54 Å². The Labute approximate surface area is 167 Å². The van der Waals surface area contributed by atoms with E-state index >= 15 is 0 Å². The third-order valence-corrected chi connectivity index (χ3v) is 5.87. The molecule has 4 rings (SSSR count). The Bertz CT molecular complexity index is 842. The topological polar surface area (TPSA) is 58.5 Å². The summed E-state index contributed by atoms with van der Waals surface area (Å²) in [6, 6.07) is 12.7. The molecule has 5 heteroatoms. The molecular weight excluding hydrogens is 348 g/mol. The molecule has 28 heavy (non-hydrogen) atoms. The number of aliphatic imine (C=N–C) groups is 1. The van der Waals surface area contributed by atoms with E-state index in [-0.39, 0.29) is 11.6 Å². The number of rotatable bonds is 4. The molecule has 0 saturated heterocycles. The van der Waals surface area contributed by atoms with Crippen LogP contribution in [0, 0.1) is 6.92 Å². The highest BCUT2D eigenvalue weighted by Crippen LogP contribution is 2.46. The van der Waals surface area contributed by atoms with Gasteiger partial charge in [-0.1, -0.05) is 24.3 Å². The predicted molar refractivity (Wildman–Crippen MR) is 113 cm³/mol. The van der Waals surface area contributed by atoms with E-state index in [2.05, 4.69) is 59.8 Å². The molecule has 0 bridgehead atoms. The number of fused-ring (bicyclic) bond motifs is 1. The van der Waals surface area contributed by atoms with Crippen molar-refractivity contribution in [2.45, 2.75) is 64.1 Å². The summed E-state index contributed by atoms with van der Waals surface area (Å²) < 4.78 is 6.49. The number of benzene rings is 1. The molecule has 2 aromatic rings. The molecule has 1 fully saturated rings. The lowest BCUT2D eigenvalue weighted by Gasteiger charge is -2.40. The Balaban J connectivity index is 1.57. The van der Waals surface area contributed by atoms with Gasteiger partial charge in [-0.05, 0) is 57.2 Å². The minimum atomic E-state index is -0.0269. The van der Waals surface area contributed by atoms with Crippen LogP contribution >= 0.6 is 0 Å². The summed E-state index contributed by atoms with van der Waals surface area (Å²) in [5.74, 6) is 1.85. The van der Waals surface area contributed by atoms with Gasteiger partial charge in [0.2, 0.25) is 0 Å². The third kappa shape index (κ3) is 3.98. The number of aromatic nitrogens is 1. The van der Waals surface area contributed by atoms with Crippen molar-refractivity contribution in [1.29, 1.82) is 0 Å². The van der Waals surface area contributed by atoms with Crippen LogP contribution in [0.2, 0.25) is 0 Å². The molecule has 0 radical (unpaired) electrons. The molecule has 5 nitrogen and oxygen atoms in total. The van der Waals surface area contributed by atoms with Crippen molar-refractivity contribution in [2.24, 2.45) is 4.99 Å². The minimum absolute atomic E-state index is 0.0269. The first-order chi connectivity index (χ1) is 13.7. The number of hydrogen-bond donors (Lipinski definition) is 2. The van der Waals surface area contributed by atoms with Gasteiger partial charge in [0.1, 0.15) is 11.4 Å². The number of para-hydroxylation sites is 1. The van der Waals surface area contributed by atoms with E-state index in [9.17, 15) is 0 Å². The predicted octanol–water partition coefficient (Wildman–Crippen LogP) is 4.28. The highest BCUT2D eigenvalue weighted by atomic mass is 16.5. The van der Waals surface area contributed by atoms with Gasteiger partial charge in [0.05, 0.1) is 18.3 Å². The van der Waals surface area contributed by atoms with Gasteiger partial charge in [-0.2, -0.15) is 0 Å². The van der Waals surface area contributed by atoms with Crippen LogP contribution in [0.5, 0.6) is 5.75 Å². The molecule has 1 saturated carbocycles. The van der Waals surface area contributed by atoms with Crippen LogP contribution in [0.3, 0.4) is 0 Å². The van der Waals surface area contributed by atoms with Gasteiger partial charge < -0.3 is 15.4 Å². The van der Waals surface area contributed by atoms with Crippen molar-refractivity contribution in [3.8, 4) is 5.75 Å². The maximum absolute atomic E-state index is 6.49. The average Bonchev–Trinajstić information content (AvgIpc) is 3.14. The van der Waals surface area contributed by atoms with Crippen molar-refractivity contribution in [3.05, 3.63) is 59.4 Å². The highest BCUT2D eigenvalue weighted by Gasteiger charge is 2.43. The normalized spacial score (nSPS) is 20.5. The summed E-state index contributed by atoms with van der Waals surface area (Å²) in [5, 5.41) is 7.08. The van der Waals surface area contributed by atoms with Crippen LogP contribution in [0.15, 0.2) is 47.6 Å². The molecule has 2 N–H and O–H groups in total. The molecule has 148 valence electrons. The van der Waals surface area contributed by atoms with Gasteiger partial charge in [-0.15, -0.1) is 0 Å². The van der Waals surface area contributed by atoms with Crippen molar-refractivity contribution in [3.63, 3.8) is 0 Å². The lowest BCUT2D eigenvalue weighted by atomic mass is 9.86. The molecule has 2 heterocycles. The summed E-state index contributed by atoms with van der Waals surface area (Å²) in [5.41, 5.74) is 3.38. The molecule has 2 aliphatic rings. The minimum Gasteiger partial charge on any atom is -0.487 e. The smallest absolute Gasteiger partial charge is 0.192 e. The highest BCUT2D eigenvalue weighted by molar-refractivity contribution is 5.80. The number of nitrogens with one attached hydrogen (secondary N) is 2. The van der Waals surface area contributed by atoms with Gasteiger partial charge in [-0.25, -0.2) is 4.99 Å². The van der Waals surface area contributed by atoms with E-state index in [1.54, 1.807) is 0 Å². The summed E-state index contributed by atoms with van der Waals surface area (Å²) in [4.78, 5) is 9.29. The van der Waals surface area contributed by atoms with E-state index in [1.807, 2.05) is 12.3 Å². The number of nitrogens with zero attached hydrogens (tertiary/aromatic N) is 2. The molecule has 1 unspecified atom stereocenters. The summed E-state index contributed by atoms with van der Waals surface area (Å²) >= 11 is 0. The summed E-state index contributed by atoms with van der Waals surface area (Å²) in [6.45, 7) is 5.57. The molecule has 1 aliphatic heterocycles. The fraction of sp³-hybridized carbons (Fsp3) is 0.478. The van der Waals surface area contributed by atoms with Gasteiger partial charge in [0, 0.05) is 24.7 Å². The zero-order valence-corrected chi connectivity index (χ0v) is 16.9. The maximum Gasteiger partial charge on any atom is 0.192 e. The van der Waals surface area contributed by atoms with Gasteiger partial charge in [0.15, 0.2) is 5.96 Å². The molecule has 0 amide bonds. The fourth-order valence-electron chi connectivity index (χ4n) is 4.40. The van der Waals surface area contributed by atoms with Crippen LogP contribution in [0.1, 0.15) is 61.9 Å². The lowest BCUT2D eigenvalue weighted by Crippen LogP contribution is -2.46. The van der Waals surface area contributed by atoms with E-state index in [1.165, 1.54) is 24.0 Å². The van der Waals surface area contributed by atoms with Gasteiger partial charge >= 0.3 is 0 Å². The van der Waals surface area contributed by atoms with Crippen molar-refractivity contribution >= 4 is 5.96 Å². The van der Waals surface area contributed by atoms with Crippen molar-refractivity contribution < 1.29 is 4.74 Å². The zero-order valence-electron chi connectivity index (χ0n) is 16.9. The number of aryl methyl sites for hydroxylation is 1. The first-order valence-electron chi connectivity index (χ1n) is 10.4. The third-order valence-electron chi connectivity index (χ3n) is 5.87. The molecule has 1 aromatic heterocycles. The first kappa shape index (κ1) is 18.8. The first-order valence-corrected chi connectivity index (χ1v) is 10.4. The monoisotopic (exact) mass is 378 g/mol. The van der Waals surface area contributed by atoms with E-state index < -0.39 is 0 Å². The number of pyridine rings is 1. The molecule has 1 spiro atoms. The van der Waals surface area contributed by atoms with E-state index in [0.29, 0.717) is 6.54 Å². The molecule has 1 aliphatic carbocycles. The van der Waals surface area contributed by atoms with E-state index in [4.69, 9.17) is 9.73 Å². The average molecular weight is 379 g/mol. The maximum atomic E-state index is 6.49. The van der Waals surface area contributed by atoms with Crippen LogP contribution in [-0.4, -0.2) is 23.1 Å². The Morgan fingerprint density at radius 1 is 1.21 bits per heavy atom. The Hall–Kier alpha value is -2.56. The number of hydrogen-bond acceptors (Lipinski definition) is 3.